The van der Waals surface area contributed by atoms with Gasteiger partial charge in [-0.15, -0.1) is 5.10 Å². The molecule has 0 saturated heterocycles. The second kappa shape index (κ2) is 9.56. The number of hydrazone groups is 1. The Hall–Kier alpha value is -4.14. The molecular formula is C24H19F3N4O2. The Morgan fingerprint density at radius 2 is 1.85 bits per heavy atom. The molecule has 9 heteroatoms. The van der Waals surface area contributed by atoms with Crippen LogP contribution in [0.2, 0.25) is 0 Å². The summed E-state index contributed by atoms with van der Waals surface area (Å²) in [6.45, 7) is -0.0327. The molecule has 33 heavy (non-hydrogen) atoms. The maximum Gasteiger partial charge on any atom is 0.416 e. The quantitative estimate of drug-likeness (QED) is 0.289. The molecule has 1 heterocycles. The average Bonchev–Trinajstić information content (AvgIpc) is 2.83. The number of benzene rings is 3. The molecule has 0 bridgehead atoms. The zero-order valence-corrected chi connectivity index (χ0v) is 17.5. The Bertz CT molecular complexity index is 1290. The van der Waals surface area contributed by atoms with E-state index in [0.717, 1.165) is 28.5 Å². The van der Waals surface area contributed by atoms with Crippen LogP contribution in [0.15, 0.2) is 78.0 Å². The summed E-state index contributed by atoms with van der Waals surface area (Å²) < 4.78 is 49.7. The summed E-state index contributed by atoms with van der Waals surface area (Å²) in [5, 5.41) is 14.1. The summed E-state index contributed by atoms with van der Waals surface area (Å²) in [5.41, 5.74) is 3.29. The predicted octanol–water partition coefficient (Wildman–Crippen LogP) is 5.68. The van der Waals surface area contributed by atoms with E-state index in [1.807, 2.05) is 24.3 Å². The van der Waals surface area contributed by atoms with Gasteiger partial charge in [0.15, 0.2) is 17.3 Å². The zero-order valence-electron chi connectivity index (χ0n) is 17.5. The molecule has 0 atom stereocenters. The van der Waals surface area contributed by atoms with E-state index in [4.69, 9.17) is 9.47 Å². The van der Waals surface area contributed by atoms with E-state index in [2.05, 4.69) is 20.7 Å². The Balaban J connectivity index is 1.44. The lowest BCUT2D eigenvalue weighted by Gasteiger charge is -2.13. The van der Waals surface area contributed by atoms with Gasteiger partial charge in [-0.25, -0.2) is 0 Å². The first kappa shape index (κ1) is 22.1. The molecule has 0 saturated carbocycles. The van der Waals surface area contributed by atoms with Crippen LogP contribution in [-0.2, 0) is 12.8 Å². The van der Waals surface area contributed by atoms with Crippen LogP contribution >= 0.6 is 0 Å². The summed E-state index contributed by atoms with van der Waals surface area (Å²) in [5.74, 6) is 1.35. The normalized spacial score (nSPS) is 11.6. The largest absolute Gasteiger partial charge is 0.493 e. The Morgan fingerprint density at radius 1 is 1.00 bits per heavy atom. The molecule has 0 amide bonds. The van der Waals surface area contributed by atoms with Crippen LogP contribution in [0.4, 0.5) is 19.0 Å². The van der Waals surface area contributed by atoms with Crippen molar-refractivity contribution in [2.24, 2.45) is 5.10 Å². The van der Waals surface area contributed by atoms with Crippen molar-refractivity contribution in [1.82, 2.24) is 10.2 Å². The Morgan fingerprint density at radius 3 is 2.67 bits per heavy atom. The number of halogens is 3. The van der Waals surface area contributed by atoms with Crippen LogP contribution in [0.1, 0.15) is 16.7 Å². The third-order valence-corrected chi connectivity index (χ3v) is 4.79. The highest BCUT2D eigenvalue weighted by atomic mass is 19.4. The molecule has 1 N–H and O–H groups in total. The Kier molecular flexibility index (Phi) is 6.39. The van der Waals surface area contributed by atoms with Crippen LogP contribution in [-0.4, -0.2) is 23.5 Å². The van der Waals surface area contributed by atoms with E-state index in [0.29, 0.717) is 22.9 Å². The van der Waals surface area contributed by atoms with Crippen molar-refractivity contribution in [3.05, 3.63) is 89.6 Å². The van der Waals surface area contributed by atoms with E-state index in [-0.39, 0.29) is 6.61 Å². The minimum absolute atomic E-state index is 0.0327. The number of nitrogens with zero attached hydrogens (tertiary/aromatic N) is 3. The molecule has 6 nitrogen and oxygen atoms in total. The van der Waals surface area contributed by atoms with Crippen LogP contribution in [0.5, 0.6) is 11.5 Å². The minimum atomic E-state index is -4.40. The van der Waals surface area contributed by atoms with E-state index >= 15 is 0 Å². The second-order valence-electron chi connectivity index (χ2n) is 7.05. The van der Waals surface area contributed by atoms with Crippen LogP contribution < -0.4 is 14.9 Å². The van der Waals surface area contributed by atoms with Crippen LogP contribution in [0, 0.1) is 0 Å². The number of ether oxygens (including phenoxy) is 2. The highest BCUT2D eigenvalue weighted by Gasteiger charge is 2.30. The molecule has 1 aromatic heterocycles. The zero-order chi connectivity index (χ0) is 23.3. The van der Waals surface area contributed by atoms with Gasteiger partial charge in [0.2, 0.25) is 0 Å². The number of alkyl halides is 3. The first-order valence-electron chi connectivity index (χ1n) is 9.90. The number of nitrogens with one attached hydrogen (secondary N) is 1. The predicted molar refractivity (Wildman–Crippen MR) is 120 cm³/mol. The molecule has 0 aliphatic carbocycles. The number of hydrogen-bond acceptors (Lipinski definition) is 6. The summed E-state index contributed by atoms with van der Waals surface area (Å²) in [6.07, 6.45) is -1.14. The second-order valence-corrected chi connectivity index (χ2v) is 7.05. The summed E-state index contributed by atoms with van der Waals surface area (Å²) >= 11 is 0. The SMILES string of the molecule is COc1cc(/C=N/Nc2nncc3ccccc23)ccc1OCc1cccc(C(F)(F)F)c1. The van der Waals surface area contributed by atoms with Gasteiger partial charge in [-0.2, -0.15) is 23.4 Å². The van der Waals surface area contributed by atoms with Gasteiger partial charge in [0.05, 0.1) is 25.1 Å². The van der Waals surface area contributed by atoms with Crippen molar-refractivity contribution in [3.63, 3.8) is 0 Å². The molecule has 0 unspecified atom stereocenters. The van der Waals surface area contributed by atoms with E-state index < -0.39 is 11.7 Å². The molecule has 168 valence electrons. The van der Waals surface area contributed by atoms with Crippen LogP contribution in [0.25, 0.3) is 10.8 Å². The van der Waals surface area contributed by atoms with Gasteiger partial charge in [-0.05, 0) is 41.5 Å². The van der Waals surface area contributed by atoms with Gasteiger partial charge in [-0.3, -0.25) is 5.43 Å². The number of fused-ring (bicyclic) bond motifs is 1. The highest BCUT2D eigenvalue weighted by Crippen LogP contribution is 2.31. The standard InChI is InChI=1S/C24H19F3N4O2/c1-32-22-12-16(13-28-30-23-20-8-3-2-6-18(20)14-29-31-23)9-10-21(22)33-15-17-5-4-7-19(11-17)24(25,26)27/h2-14H,15H2,1H3,(H,30,31)/b28-13+. The van der Waals surface area contributed by atoms with Crippen LogP contribution in [0.3, 0.4) is 0 Å². The summed E-state index contributed by atoms with van der Waals surface area (Å²) in [6, 6.07) is 17.8. The molecule has 0 aliphatic heterocycles. The van der Waals surface area contributed by atoms with Gasteiger partial charge >= 0.3 is 6.18 Å². The van der Waals surface area contributed by atoms with E-state index in [1.54, 1.807) is 36.7 Å². The highest BCUT2D eigenvalue weighted by molar-refractivity contribution is 5.91. The topological polar surface area (TPSA) is 68.6 Å². The van der Waals surface area contributed by atoms with Crippen molar-refractivity contribution in [1.29, 1.82) is 0 Å². The molecule has 0 aliphatic rings. The molecule has 0 spiro atoms. The molecule has 4 aromatic rings. The number of hydrogen-bond donors (Lipinski definition) is 1. The fourth-order valence-electron chi connectivity index (χ4n) is 3.16. The van der Waals surface area contributed by atoms with E-state index in [1.165, 1.54) is 13.2 Å². The summed E-state index contributed by atoms with van der Waals surface area (Å²) in [4.78, 5) is 0. The van der Waals surface area contributed by atoms with Crippen molar-refractivity contribution >= 4 is 22.8 Å². The molecule has 0 fully saturated rings. The lowest BCUT2D eigenvalue weighted by atomic mass is 10.1. The minimum Gasteiger partial charge on any atom is -0.493 e. The lowest BCUT2D eigenvalue weighted by molar-refractivity contribution is -0.137. The third kappa shape index (κ3) is 5.38. The first-order chi connectivity index (χ1) is 15.9. The fourth-order valence-corrected chi connectivity index (χ4v) is 3.16. The average molecular weight is 452 g/mol. The van der Waals surface area contributed by atoms with Crippen molar-refractivity contribution in [3.8, 4) is 11.5 Å². The maximum absolute atomic E-state index is 12.9. The molecular weight excluding hydrogens is 433 g/mol. The first-order valence-corrected chi connectivity index (χ1v) is 9.90. The van der Waals surface area contributed by atoms with Gasteiger partial charge in [0, 0.05) is 10.8 Å². The molecule has 0 radical (unpaired) electrons. The van der Waals surface area contributed by atoms with Gasteiger partial charge < -0.3 is 9.47 Å². The van der Waals surface area contributed by atoms with Gasteiger partial charge in [0.1, 0.15) is 6.61 Å². The third-order valence-electron chi connectivity index (χ3n) is 4.79. The number of rotatable bonds is 7. The monoisotopic (exact) mass is 452 g/mol. The molecule has 4 rings (SSSR count). The summed E-state index contributed by atoms with van der Waals surface area (Å²) in [7, 11) is 1.48. The Labute approximate surface area is 187 Å². The fraction of sp³-hybridized carbons (Fsp3) is 0.125. The lowest BCUT2D eigenvalue weighted by Crippen LogP contribution is -2.06. The van der Waals surface area contributed by atoms with Crippen molar-refractivity contribution in [2.75, 3.05) is 12.5 Å². The van der Waals surface area contributed by atoms with Crippen molar-refractivity contribution in [2.45, 2.75) is 12.8 Å². The molecule has 3 aromatic carbocycles. The van der Waals surface area contributed by atoms with Gasteiger partial charge in [0.25, 0.3) is 0 Å². The maximum atomic E-state index is 12.9. The smallest absolute Gasteiger partial charge is 0.416 e. The number of methoxy groups -OCH3 is 1. The van der Waals surface area contributed by atoms with Gasteiger partial charge in [-0.1, -0.05) is 36.4 Å². The number of aromatic nitrogens is 2. The number of anilines is 1. The van der Waals surface area contributed by atoms with E-state index in [9.17, 15) is 13.2 Å². The van der Waals surface area contributed by atoms with Crippen molar-refractivity contribution < 1.29 is 22.6 Å².